The lowest BCUT2D eigenvalue weighted by molar-refractivity contribution is -0.124. The molecule has 1 fully saturated rings. The van der Waals surface area contributed by atoms with Crippen molar-refractivity contribution >= 4 is 35.0 Å². The maximum Gasteiger partial charge on any atom is 0.244 e. The van der Waals surface area contributed by atoms with Crippen LogP contribution in [0.4, 0.5) is 15.8 Å². The van der Waals surface area contributed by atoms with Gasteiger partial charge in [0.05, 0.1) is 0 Å². The zero-order valence-corrected chi connectivity index (χ0v) is 18.5. The van der Waals surface area contributed by atoms with Crippen molar-refractivity contribution in [3.63, 3.8) is 0 Å². The minimum atomic E-state index is -0.400. The van der Waals surface area contributed by atoms with E-state index in [9.17, 15) is 14.0 Å². The van der Waals surface area contributed by atoms with E-state index in [1.807, 2.05) is 23.9 Å². The molecule has 1 N–H and O–H groups in total. The molecule has 2 aromatic carbocycles. The summed E-state index contributed by atoms with van der Waals surface area (Å²) in [5.41, 5.74) is 3.05. The van der Waals surface area contributed by atoms with Crippen molar-refractivity contribution in [2.75, 3.05) is 28.3 Å². The average Bonchev–Trinajstić information content (AvgIpc) is 3.35. The Labute approximate surface area is 190 Å². The summed E-state index contributed by atoms with van der Waals surface area (Å²) in [5, 5.41) is 2.82. The van der Waals surface area contributed by atoms with Crippen molar-refractivity contribution < 1.29 is 18.4 Å². The molecular formula is C24H24FN3O3S. The number of benzene rings is 2. The average molecular weight is 454 g/mol. The van der Waals surface area contributed by atoms with Gasteiger partial charge in [0.2, 0.25) is 11.8 Å². The molecule has 2 heterocycles. The molecule has 1 aliphatic rings. The van der Waals surface area contributed by atoms with Gasteiger partial charge in [0.1, 0.15) is 24.3 Å². The van der Waals surface area contributed by atoms with Gasteiger partial charge in [0.25, 0.3) is 0 Å². The number of amides is 2. The third-order valence-corrected chi connectivity index (χ3v) is 6.55. The summed E-state index contributed by atoms with van der Waals surface area (Å²) in [5.74, 6) is 0.787. The fourth-order valence-electron chi connectivity index (χ4n) is 3.63. The number of aromatic nitrogens is 1. The molecular weight excluding hydrogens is 429 g/mol. The van der Waals surface area contributed by atoms with Gasteiger partial charge in [-0.3, -0.25) is 9.59 Å². The van der Waals surface area contributed by atoms with E-state index in [0.29, 0.717) is 22.6 Å². The standard InChI is InChI=1S/C24H24FN3O3S/c1-16-2-7-20(12-21(16)25)28(24(30)18-8-10-32-11-9-18)13-23(29)27-19-5-3-17(4-6-19)22-14-31-15-26-22/h2-7,12,14-15,18H,8-11,13H2,1H3,(H,27,29). The molecule has 1 saturated heterocycles. The van der Waals surface area contributed by atoms with E-state index >= 15 is 0 Å². The number of thioether (sulfide) groups is 1. The van der Waals surface area contributed by atoms with Gasteiger partial charge in [-0.25, -0.2) is 9.37 Å². The number of halogens is 1. The van der Waals surface area contributed by atoms with Crippen LogP contribution in [0.3, 0.4) is 0 Å². The van der Waals surface area contributed by atoms with Crippen LogP contribution >= 0.6 is 11.8 Å². The van der Waals surface area contributed by atoms with Gasteiger partial charge in [0.15, 0.2) is 6.39 Å². The Hall–Kier alpha value is -3.13. The fourth-order valence-corrected chi connectivity index (χ4v) is 4.74. The number of hydrogen-bond donors (Lipinski definition) is 1. The van der Waals surface area contributed by atoms with Crippen LogP contribution in [0.1, 0.15) is 18.4 Å². The molecule has 1 aliphatic heterocycles. The maximum atomic E-state index is 14.2. The molecule has 0 aliphatic carbocycles. The largest absolute Gasteiger partial charge is 0.451 e. The number of carbonyl (C=O) groups excluding carboxylic acids is 2. The highest BCUT2D eigenvalue weighted by Crippen LogP contribution is 2.28. The van der Waals surface area contributed by atoms with Crippen molar-refractivity contribution in [3.05, 3.63) is 66.5 Å². The highest BCUT2D eigenvalue weighted by molar-refractivity contribution is 7.99. The first kappa shape index (κ1) is 22.1. The predicted octanol–water partition coefficient (Wildman–Crippen LogP) is 4.90. The first-order chi connectivity index (χ1) is 15.5. The summed E-state index contributed by atoms with van der Waals surface area (Å²) < 4.78 is 19.2. The number of carbonyl (C=O) groups is 2. The van der Waals surface area contributed by atoms with E-state index in [2.05, 4.69) is 10.3 Å². The number of hydrogen-bond acceptors (Lipinski definition) is 5. The number of anilines is 2. The van der Waals surface area contributed by atoms with Crippen LogP contribution in [0.5, 0.6) is 0 Å². The Kier molecular flexibility index (Phi) is 6.90. The molecule has 0 radical (unpaired) electrons. The number of aryl methyl sites for hydroxylation is 1. The van der Waals surface area contributed by atoms with Crippen molar-refractivity contribution in [3.8, 4) is 11.3 Å². The number of nitrogens with one attached hydrogen (secondary N) is 1. The molecule has 0 bridgehead atoms. The van der Waals surface area contributed by atoms with Crippen LogP contribution in [0, 0.1) is 18.7 Å². The van der Waals surface area contributed by atoms with Crippen molar-refractivity contribution in [2.45, 2.75) is 19.8 Å². The zero-order valence-electron chi connectivity index (χ0n) is 17.7. The van der Waals surface area contributed by atoms with Gasteiger partial charge in [-0.2, -0.15) is 11.8 Å². The monoisotopic (exact) mass is 453 g/mol. The summed E-state index contributed by atoms with van der Waals surface area (Å²) in [6.07, 6.45) is 4.43. The molecule has 6 nitrogen and oxygen atoms in total. The Morgan fingerprint density at radius 2 is 1.94 bits per heavy atom. The summed E-state index contributed by atoms with van der Waals surface area (Å²) >= 11 is 1.82. The molecule has 1 aromatic heterocycles. The van der Waals surface area contributed by atoms with Gasteiger partial charge in [0, 0.05) is 22.9 Å². The lowest BCUT2D eigenvalue weighted by Crippen LogP contribution is -2.42. The summed E-state index contributed by atoms with van der Waals surface area (Å²) in [7, 11) is 0. The molecule has 8 heteroatoms. The molecule has 32 heavy (non-hydrogen) atoms. The molecule has 0 spiro atoms. The van der Waals surface area contributed by atoms with Gasteiger partial charge in [-0.05, 0) is 61.1 Å². The molecule has 4 rings (SSSR count). The first-order valence-electron chi connectivity index (χ1n) is 10.4. The number of rotatable bonds is 6. The van der Waals surface area contributed by atoms with Crippen LogP contribution in [0.2, 0.25) is 0 Å². The molecule has 0 saturated carbocycles. The van der Waals surface area contributed by atoms with E-state index in [1.54, 1.807) is 37.5 Å². The van der Waals surface area contributed by atoms with Gasteiger partial charge < -0.3 is 14.6 Å². The van der Waals surface area contributed by atoms with E-state index in [1.165, 1.54) is 17.4 Å². The van der Waals surface area contributed by atoms with Crippen molar-refractivity contribution in [1.29, 1.82) is 0 Å². The van der Waals surface area contributed by atoms with E-state index in [0.717, 1.165) is 29.9 Å². The number of oxazole rings is 1. The van der Waals surface area contributed by atoms with Crippen LogP contribution in [-0.4, -0.2) is 34.8 Å². The Bertz CT molecular complexity index is 1080. The topological polar surface area (TPSA) is 75.4 Å². The third kappa shape index (κ3) is 5.19. The molecule has 0 atom stereocenters. The Morgan fingerprint density at radius 3 is 2.59 bits per heavy atom. The molecule has 2 amide bonds. The van der Waals surface area contributed by atoms with Crippen molar-refractivity contribution in [1.82, 2.24) is 4.98 Å². The minimum Gasteiger partial charge on any atom is -0.451 e. The summed E-state index contributed by atoms with van der Waals surface area (Å²) in [4.78, 5) is 31.6. The Balaban J connectivity index is 1.50. The van der Waals surface area contributed by atoms with E-state index in [-0.39, 0.29) is 24.3 Å². The van der Waals surface area contributed by atoms with Crippen LogP contribution in [0.25, 0.3) is 11.3 Å². The van der Waals surface area contributed by atoms with Crippen LogP contribution in [0.15, 0.2) is 59.5 Å². The lowest BCUT2D eigenvalue weighted by atomic mass is 10.0. The summed E-state index contributed by atoms with van der Waals surface area (Å²) in [6, 6.07) is 11.8. The normalized spacial score (nSPS) is 14.2. The third-order valence-electron chi connectivity index (χ3n) is 5.50. The van der Waals surface area contributed by atoms with Crippen molar-refractivity contribution in [2.24, 2.45) is 5.92 Å². The fraction of sp³-hybridized carbons (Fsp3) is 0.292. The molecule has 0 unspecified atom stereocenters. The quantitative estimate of drug-likeness (QED) is 0.574. The van der Waals surface area contributed by atoms with Gasteiger partial charge in [-0.1, -0.05) is 18.2 Å². The van der Waals surface area contributed by atoms with Gasteiger partial charge >= 0.3 is 0 Å². The maximum absolute atomic E-state index is 14.2. The SMILES string of the molecule is Cc1ccc(N(CC(=O)Nc2ccc(-c3cocn3)cc2)C(=O)C2CCSCC2)cc1F. The van der Waals surface area contributed by atoms with Gasteiger partial charge in [-0.15, -0.1) is 0 Å². The second-order valence-corrected chi connectivity index (χ2v) is 8.97. The molecule has 166 valence electrons. The summed E-state index contributed by atoms with van der Waals surface area (Å²) in [6.45, 7) is 1.48. The Morgan fingerprint density at radius 1 is 1.19 bits per heavy atom. The molecule has 3 aromatic rings. The minimum absolute atomic E-state index is 0.134. The second kappa shape index (κ2) is 9.99. The van der Waals surface area contributed by atoms with E-state index < -0.39 is 5.82 Å². The van der Waals surface area contributed by atoms with E-state index in [4.69, 9.17) is 4.42 Å². The first-order valence-corrected chi connectivity index (χ1v) is 11.6. The van der Waals surface area contributed by atoms with Crippen LogP contribution < -0.4 is 10.2 Å². The van der Waals surface area contributed by atoms with Crippen LogP contribution in [-0.2, 0) is 9.59 Å². The predicted molar refractivity (Wildman–Crippen MR) is 124 cm³/mol. The lowest BCUT2D eigenvalue weighted by Gasteiger charge is -2.29. The zero-order chi connectivity index (χ0) is 22.5. The second-order valence-electron chi connectivity index (χ2n) is 7.74. The smallest absolute Gasteiger partial charge is 0.244 e. The number of nitrogens with zero attached hydrogens (tertiary/aromatic N) is 2. The highest BCUT2D eigenvalue weighted by atomic mass is 32.2. The highest BCUT2D eigenvalue weighted by Gasteiger charge is 2.29.